The molecule has 0 fully saturated rings. The number of hydrogen-bond acceptors (Lipinski definition) is 8. The van der Waals surface area contributed by atoms with Crippen molar-refractivity contribution in [2.75, 3.05) is 25.5 Å². The van der Waals surface area contributed by atoms with E-state index in [1.807, 2.05) is 56.3 Å². The van der Waals surface area contributed by atoms with E-state index < -0.39 is 5.97 Å². The van der Waals surface area contributed by atoms with Gasteiger partial charge in [-0.1, -0.05) is 48.0 Å². The van der Waals surface area contributed by atoms with Gasteiger partial charge < -0.3 is 25.2 Å². The van der Waals surface area contributed by atoms with Gasteiger partial charge in [-0.3, -0.25) is 14.9 Å². The first-order valence-electron chi connectivity index (χ1n) is 14.0. The van der Waals surface area contributed by atoms with Gasteiger partial charge in [-0.2, -0.15) is 0 Å². The number of fused-ring (bicyclic) bond motifs is 3. The Morgan fingerprint density at radius 2 is 1.91 bits per heavy atom. The average Bonchev–Trinajstić information content (AvgIpc) is 3.40. The summed E-state index contributed by atoms with van der Waals surface area (Å²) in [6, 6.07) is 14.7. The van der Waals surface area contributed by atoms with Gasteiger partial charge in [-0.05, 0) is 49.1 Å². The van der Waals surface area contributed by atoms with E-state index in [9.17, 15) is 24.8 Å². The lowest BCUT2D eigenvalue weighted by atomic mass is 9.94. The molecule has 0 saturated carbocycles. The molecule has 0 radical (unpaired) electrons. The van der Waals surface area contributed by atoms with E-state index in [-0.39, 0.29) is 40.9 Å². The molecule has 1 aliphatic rings. The van der Waals surface area contributed by atoms with E-state index in [0.717, 1.165) is 27.3 Å². The zero-order valence-electron chi connectivity index (χ0n) is 24.3. The van der Waals surface area contributed by atoms with Crippen molar-refractivity contribution in [3.05, 3.63) is 92.5 Å². The molecule has 1 heterocycles. The number of aromatic hydroxyl groups is 1. The zero-order chi connectivity index (χ0) is 30.7. The lowest BCUT2D eigenvalue weighted by molar-refractivity contribution is -0.383. The quantitative estimate of drug-likeness (QED) is 0.0481. The van der Waals surface area contributed by atoms with Crippen molar-refractivity contribution in [2.45, 2.75) is 39.7 Å². The molecule has 1 amide bonds. The molecule has 0 unspecified atom stereocenters. The summed E-state index contributed by atoms with van der Waals surface area (Å²) in [6.45, 7) is 4.58. The van der Waals surface area contributed by atoms with Gasteiger partial charge >= 0.3 is 5.97 Å². The van der Waals surface area contributed by atoms with Crippen LogP contribution in [0.5, 0.6) is 11.5 Å². The Hall–Kier alpha value is -5.12. The smallest absolute Gasteiger partial charge is 0.342 e. The fourth-order valence-corrected chi connectivity index (χ4v) is 5.63. The Morgan fingerprint density at radius 1 is 1.14 bits per heavy atom. The number of hydrogen-bond donors (Lipinski definition) is 3. The average molecular weight is 584 g/mol. The third-order valence-electron chi connectivity index (χ3n) is 7.86. The summed E-state index contributed by atoms with van der Waals surface area (Å²) in [5, 5.41) is 31.9. The number of benzene rings is 4. The maximum atomic E-state index is 12.6. The van der Waals surface area contributed by atoms with Gasteiger partial charge in [-0.25, -0.2) is 4.79 Å². The van der Waals surface area contributed by atoms with Gasteiger partial charge in [-0.15, -0.1) is 0 Å². The molecular formula is C33H33N3O7. The molecule has 43 heavy (non-hydrogen) atoms. The number of phenolic OH excluding ortho intramolecular Hbond substituents is 1. The Kier molecular flexibility index (Phi) is 8.47. The van der Waals surface area contributed by atoms with E-state index in [0.29, 0.717) is 53.9 Å². The largest absolute Gasteiger partial charge is 0.507 e. The molecule has 0 aliphatic carbocycles. The van der Waals surface area contributed by atoms with Gasteiger partial charge in [0.15, 0.2) is 0 Å². The SMILES string of the molecule is COc1c(C)c2c(c(O)c1C/C=C(\C)CCC(=O)NCCNc1c3ccccc3cc3cccc([N+](=O)[O-])c13)C(=O)OC2. The van der Waals surface area contributed by atoms with Gasteiger partial charge in [0.05, 0.1) is 23.1 Å². The second kappa shape index (κ2) is 12.4. The molecule has 0 bridgehead atoms. The number of carbonyl (C=O) groups excluding carboxylic acids is 2. The Labute approximate surface area is 248 Å². The highest BCUT2D eigenvalue weighted by molar-refractivity contribution is 6.14. The highest BCUT2D eigenvalue weighted by atomic mass is 16.6. The molecule has 10 nitrogen and oxygen atoms in total. The van der Waals surface area contributed by atoms with Crippen LogP contribution >= 0.6 is 0 Å². The van der Waals surface area contributed by atoms with Crippen LogP contribution in [-0.2, 0) is 22.6 Å². The minimum absolute atomic E-state index is 0.0259. The number of phenols is 1. The Morgan fingerprint density at radius 3 is 2.67 bits per heavy atom. The van der Waals surface area contributed by atoms with E-state index in [1.54, 1.807) is 6.07 Å². The number of nitro groups is 1. The third kappa shape index (κ3) is 5.81. The molecule has 0 atom stereocenters. The van der Waals surface area contributed by atoms with Crippen molar-refractivity contribution < 1.29 is 29.1 Å². The van der Waals surface area contributed by atoms with Crippen LogP contribution in [0.4, 0.5) is 11.4 Å². The van der Waals surface area contributed by atoms with Crippen molar-refractivity contribution in [2.24, 2.45) is 0 Å². The number of nitro benzene ring substituents is 1. The van der Waals surface area contributed by atoms with Crippen molar-refractivity contribution in [3.8, 4) is 11.5 Å². The van der Waals surface area contributed by atoms with E-state index >= 15 is 0 Å². The summed E-state index contributed by atoms with van der Waals surface area (Å²) < 4.78 is 10.6. The number of ether oxygens (including phenoxy) is 2. The van der Waals surface area contributed by atoms with Crippen LogP contribution in [0.3, 0.4) is 0 Å². The van der Waals surface area contributed by atoms with E-state index in [4.69, 9.17) is 9.47 Å². The first kappa shape index (κ1) is 29.4. The van der Waals surface area contributed by atoms with Crippen LogP contribution in [-0.4, -0.2) is 42.1 Å². The molecule has 1 aliphatic heterocycles. The van der Waals surface area contributed by atoms with Crippen LogP contribution < -0.4 is 15.4 Å². The normalized spacial score (nSPS) is 12.7. The molecule has 4 aromatic rings. The molecule has 10 heteroatoms. The predicted molar refractivity (Wildman–Crippen MR) is 165 cm³/mol. The first-order chi connectivity index (χ1) is 20.7. The van der Waals surface area contributed by atoms with Crippen molar-refractivity contribution in [1.29, 1.82) is 0 Å². The number of methoxy groups -OCH3 is 1. The number of non-ortho nitro benzene ring substituents is 1. The molecule has 222 valence electrons. The van der Waals surface area contributed by atoms with Crippen LogP contribution in [0.2, 0.25) is 0 Å². The maximum Gasteiger partial charge on any atom is 0.342 e. The number of allylic oxidation sites excluding steroid dienone is 2. The lowest BCUT2D eigenvalue weighted by Crippen LogP contribution is -2.28. The zero-order valence-corrected chi connectivity index (χ0v) is 24.3. The summed E-state index contributed by atoms with van der Waals surface area (Å²) in [6.07, 6.45) is 3.02. The van der Waals surface area contributed by atoms with Crippen molar-refractivity contribution >= 4 is 44.8 Å². The topological polar surface area (TPSA) is 140 Å². The fraction of sp³-hybridized carbons (Fsp3) is 0.273. The summed E-state index contributed by atoms with van der Waals surface area (Å²) >= 11 is 0. The first-order valence-corrected chi connectivity index (χ1v) is 14.0. The number of rotatable bonds is 11. The number of esters is 1. The monoisotopic (exact) mass is 583 g/mol. The van der Waals surface area contributed by atoms with Gasteiger partial charge in [0.25, 0.3) is 5.69 Å². The van der Waals surface area contributed by atoms with Crippen LogP contribution in [0.1, 0.15) is 46.8 Å². The number of carbonyl (C=O) groups is 2. The standard InChI is InChI=1S/C33H33N3O7/c1-19(11-13-24-31(38)29-25(18-43-33(29)39)20(2)32(24)42-3)12-14-27(37)34-15-16-35-30-23-9-5-4-7-21(23)17-22-8-6-10-26(28(22)30)36(40)41/h4-11,17,35,38H,12-16,18H2,1-3H3,(H,34,37)/b19-11+. The van der Waals surface area contributed by atoms with E-state index in [1.165, 1.54) is 13.2 Å². The summed E-state index contributed by atoms with van der Waals surface area (Å²) in [4.78, 5) is 36.1. The predicted octanol–water partition coefficient (Wildman–Crippen LogP) is 6.09. The minimum Gasteiger partial charge on any atom is -0.507 e. The second-order valence-electron chi connectivity index (χ2n) is 10.6. The van der Waals surface area contributed by atoms with Gasteiger partial charge in [0.1, 0.15) is 23.7 Å². The van der Waals surface area contributed by atoms with Crippen molar-refractivity contribution in [3.63, 3.8) is 0 Å². The number of cyclic esters (lactones) is 1. The van der Waals surface area contributed by atoms with Crippen molar-refractivity contribution in [1.82, 2.24) is 5.32 Å². The highest BCUT2D eigenvalue weighted by Crippen LogP contribution is 2.42. The fourth-order valence-electron chi connectivity index (χ4n) is 5.63. The lowest BCUT2D eigenvalue weighted by Gasteiger charge is -2.16. The summed E-state index contributed by atoms with van der Waals surface area (Å²) in [5.41, 5.74) is 3.75. The Bertz CT molecular complexity index is 1800. The Balaban J connectivity index is 1.20. The minimum atomic E-state index is -0.543. The number of nitrogens with zero attached hydrogens (tertiary/aromatic N) is 1. The van der Waals surface area contributed by atoms with Crippen LogP contribution in [0, 0.1) is 17.0 Å². The molecule has 0 spiro atoms. The highest BCUT2D eigenvalue weighted by Gasteiger charge is 2.31. The van der Waals surface area contributed by atoms with E-state index in [2.05, 4.69) is 10.6 Å². The molecule has 3 N–H and O–H groups in total. The molecule has 0 aromatic heterocycles. The molecular weight excluding hydrogens is 550 g/mol. The molecule has 0 saturated heterocycles. The third-order valence-corrected chi connectivity index (χ3v) is 7.86. The second-order valence-corrected chi connectivity index (χ2v) is 10.6. The maximum absolute atomic E-state index is 12.6. The van der Waals surface area contributed by atoms with Gasteiger partial charge in [0, 0.05) is 42.1 Å². The molecule has 4 aromatic carbocycles. The summed E-state index contributed by atoms with van der Waals surface area (Å²) in [7, 11) is 1.52. The van der Waals surface area contributed by atoms with Crippen LogP contribution in [0.25, 0.3) is 21.5 Å². The number of nitrogens with one attached hydrogen (secondary N) is 2. The number of amides is 1. The molecule has 5 rings (SSSR count). The van der Waals surface area contributed by atoms with Gasteiger partial charge in [0.2, 0.25) is 5.91 Å². The number of anilines is 1. The summed E-state index contributed by atoms with van der Waals surface area (Å²) in [5.74, 6) is -0.273. The van der Waals surface area contributed by atoms with Crippen LogP contribution in [0.15, 0.2) is 60.2 Å².